The fourth-order valence-electron chi connectivity index (χ4n) is 2.77. The summed E-state index contributed by atoms with van der Waals surface area (Å²) in [6, 6.07) is 7.82. The minimum Gasteiger partial charge on any atom is -0.492 e. The molecule has 1 aliphatic carbocycles. The maximum Gasteiger partial charge on any atom is 0.273 e. The summed E-state index contributed by atoms with van der Waals surface area (Å²) in [6.07, 6.45) is 1.84. The normalized spacial score (nSPS) is 21.1. The predicted molar refractivity (Wildman–Crippen MR) is 73.4 cm³/mol. The second-order valence-electron chi connectivity index (χ2n) is 5.39. The van der Waals surface area contributed by atoms with Gasteiger partial charge in [0.25, 0.3) is 15.2 Å². The molecule has 0 bridgehead atoms. The summed E-state index contributed by atoms with van der Waals surface area (Å²) in [5.74, 6) is 1.32. The Bertz CT molecular complexity index is 811. The van der Waals surface area contributed by atoms with Gasteiger partial charge in [-0.05, 0) is 18.9 Å². The van der Waals surface area contributed by atoms with Gasteiger partial charge in [-0.15, -0.1) is 10.2 Å². The second-order valence-corrected chi connectivity index (χ2v) is 6.84. The van der Waals surface area contributed by atoms with E-state index in [1.54, 1.807) is 4.57 Å². The van der Waals surface area contributed by atoms with Crippen LogP contribution in [0.4, 0.5) is 0 Å². The largest absolute Gasteiger partial charge is 0.492 e. The standard InChI is InChI=1S/C13H14N4O3S/c14-21(18,19)13-16-15-12(17(13)8-5-6-8)10-7-20-11-4-2-1-3-9(10)11/h1-4,8,10H,5-7H2,(H2,14,18,19). The predicted octanol–water partition coefficient (Wildman–Crippen LogP) is 0.785. The van der Waals surface area contributed by atoms with Crippen LogP contribution < -0.4 is 9.88 Å². The molecule has 4 rings (SSSR count). The highest BCUT2D eigenvalue weighted by atomic mass is 32.2. The van der Waals surface area contributed by atoms with Crippen molar-refractivity contribution in [3.05, 3.63) is 35.7 Å². The summed E-state index contributed by atoms with van der Waals surface area (Å²) >= 11 is 0. The quantitative estimate of drug-likeness (QED) is 0.903. The van der Waals surface area contributed by atoms with Crippen LogP contribution in [-0.4, -0.2) is 29.8 Å². The monoisotopic (exact) mass is 306 g/mol. The van der Waals surface area contributed by atoms with Gasteiger partial charge in [0.05, 0.1) is 5.92 Å². The average Bonchev–Trinajstić information content (AvgIpc) is 3.03. The maximum absolute atomic E-state index is 11.7. The van der Waals surface area contributed by atoms with Crippen molar-refractivity contribution >= 4 is 10.0 Å². The van der Waals surface area contributed by atoms with Crippen molar-refractivity contribution in [2.24, 2.45) is 5.14 Å². The Morgan fingerprint density at radius 2 is 2.00 bits per heavy atom. The van der Waals surface area contributed by atoms with E-state index in [1.807, 2.05) is 24.3 Å². The van der Waals surface area contributed by atoms with Gasteiger partial charge < -0.3 is 4.74 Å². The van der Waals surface area contributed by atoms with E-state index in [0.717, 1.165) is 24.2 Å². The van der Waals surface area contributed by atoms with E-state index in [-0.39, 0.29) is 17.1 Å². The van der Waals surface area contributed by atoms with Gasteiger partial charge in [0.15, 0.2) is 0 Å². The molecular weight excluding hydrogens is 292 g/mol. The van der Waals surface area contributed by atoms with Crippen LogP contribution in [0, 0.1) is 0 Å². The number of primary sulfonamides is 1. The fourth-order valence-corrected chi connectivity index (χ4v) is 3.44. The summed E-state index contributed by atoms with van der Waals surface area (Å²) in [6.45, 7) is 0.439. The Balaban J connectivity index is 1.86. The number of nitrogens with two attached hydrogens (primary N) is 1. The summed E-state index contributed by atoms with van der Waals surface area (Å²) < 4.78 is 30.7. The first-order valence-corrected chi connectivity index (χ1v) is 8.29. The number of rotatable bonds is 3. The van der Waals surface area contributed by atoms with Crippen molar-refractivity contribution in [3.63, 3.8) is 0 Å². The van der Waals surface area contributed by atoms with Gasteiger partial charge in [-0.2, -0.15) is 0 Å². The minimum atomic E-state index is -3.88. The third kappa shape index (κ3) is 2.02. The van der Waals surface area contributed by atoms with Crippen molar-refractivity contribution in [2.45, 2.75) is 30.0 Å². The van der Waals surface area contributed by atoms with Crippen molar-refractivity contribution in [1.29, 1.82) is 0 Å². The van der Waals surface area contributed by atoms with E-state index in [1.165, 1.54) is 0 Å². The van der Waals surface area contributed by atoms with Crippen LogP contribution in [0.1, 0.15) is 36.2 Å². The Hall–Kier alpha value is -1.93. The van der Waals surface area contributed by atoms with Crippen LogP contribution in [-0.2, 0) is 10.0 Å². The molecule has 1 aromatic heterocycles. The first-order chi connectivity index (χ1) is 10.1. The minimum absolute atomic E-state index is 0.107. The molecule has 0 radical (unpaired) electrons. The van der Waals surface area contributed by atoms with Gasteiger partial charge in [-0.25, -0.2) is 13.6 Å². The van der Waals surface area contributed by atoms with Gasteiger partial charge in [-0.1, -0.05) is 18.2 Å². The summed E-state index contributed by atoms with van der Waals surface area (Å²) in [4.78, 5) is 0. The second kappa shape index (κ2) is 4.28. The Labute approximate surface area is 121 Å². The van der Waals surface area contributed by atoms with E-state index in [0.29, 0.717) is 12.4 Å². The number of hydrogen-bond donors (Lipinski definition) is 1. The van der Waals surface area contributed by atoms with E-state index in [9.17, 15) is 8.42 Å². The lowest BCUT2D eigenvalue weighted by Gasteiger charge is -2.12. The van der Waals surface area contributed by atoms with Gasteiger partial charge in [0.2, 0.25) is 0 Å². The summed E-state index contributed by atoms with van der Waals surface area (Å²) in [7, 11) is -3.88. The molecule has 0 spiro atoms. The zero-order valence-corrected chi connectivity index (χ0v) is 12.0. The highest BCUT2D eigenvalue weighted by molar-refractivity contribution is 7.89. The molecule has 2 heterocycles. The van der Waals surface area contributed by atoms with E-state index < -0.39 is 10.0 Å². The molecule has 0 amide bonds. The molecule has 2 aliphatic rings. The molecule has 1 atom stereocenters. The molecular formula is C13H14N4O3S. The van der Waals surface area contributed by atoms with Crippen LogP contribution in [0.3, 0.4) is 0 Å². The SMILES string of the molecule is NS(=O)(=O)c1nnc(C2COc3ccccc32)n1C1CC1. The molecule has 1 saturated carbocycles. The highest BCUT2D eigenvalue weighted by Gasteiger charge is 2.38. The lowest BCUT2D eigenvalue weighted by atomic mass is 10.0. The maximum atomic E-state index is 11.7. The van der Waals surface area contributed by atoms with Crippen LogP contribution in [0.5, 0.6) is 5.75 Å². The molecule has 1 fully saturated rings. The first kappa shape index (κ1) is 12.8. The molecule has 7 nitrogen and oxygen atoms in total. The molecule has 8 heteroatoms. The number of hydrogen-bond acceptors (Lipinski definition) is 5. The van der Waals surface area contributed by atoms with Crippen molar-refractivity contribution in [1.82, 2.24) is 14.8 Å². The number of sulfonamides is 1. The number of para-hydroxylation sites is 1. The zero-order valence-electron chi connectivity index (χ0n) is 11.1. The molecule has 1 unspecified atom stereocenters. The fraction of sp³-hybridized carbons (Fsp3) is 0.385. The number of fused-ring (bicyclic) bond motifs is 1. The van der Waals surface area contributed by atoms with Crippen LogP contribution in [0.15, 0.2) is 29.4 Å². The third-order valence-electron chi connectivity index (χ3n) is 3.87. The zero-order chi connectivity index (χ0) is 14.6. The lowest BCUT2D eigenvalue weighted by molar-refractivity contribution is 0.336. The van der Waals surface area contributed by atoms with Gasteiger partial charge in [0.1, 0.15) is 18.2 Å². The molecule has 0 saturated heterocycles. The Morgan fingerprint density at radius 3 is 2.71 bits per heavy atom. The van der Waals surface area contributed by atoms with E-state index >= 15 is 0 Å². The topological polar surface area (TPSA) is 100 Å². The lowest BCUT2D eigenvalue weighted by Crippen LogP contribution is -2.20. The Kier molecular flexibility index (Phi) is 2.61. The van der Waals surface area contributed by atoms with Crippen molar-refractivity contribution in [3.8, 4) is 5.75 Å². The summed E-state index contributed by atoms with van der Waals surface area (Å²) in [5, 5.41) is 13.0. The van der Waals surface area contributed by atoms with Crippen LogP contribution in [0.2, 0.25) is 0 Å². The Morgan fingerprint density at radius 1 is 1.24 bits per heavy atom. The molecule has 2 aromatic rings. The number of nitrogens with zero attached hydrogens (tertiary/aromatic N) is 3. The smallest absolute Gasteiger partial charge is 0.273 e. The molecule has 1 aliphatic heterocycles. The number of aromatic nitrogens is 3. The van der Waals surface area contributed by atoms with Crippen LogP contribution in [0.25, 0.3) is 0 Å². The number of ether oxygens (including phenoxy) is 1. The molecule has 1 aromatic carbocycles. The first-order valence-electron chi connectivity index (χ1n) is 6.75. The van der Waals surface area contributed by atoms with Crippen molar-refractivity contribution in [2.75, 3.05) is 6.61 Å². The van der Waals surface area contributed by atoms with Gasteiger partial charge in [0, 0.05) is 11.6 Å². The van der Waals surface area contributed by atoms with E-state index in [4.69, 9.17) is 9.88 Å². The highest BCUT2D eigenvalue weighted by Crippen LogP contribution is 2.43. The van der Waals surface area contributed by atoms with Crippen molar-refractivity contribution < 1.29 is 13.2 Å². The van der Waals surface area contributed by atoms with Crippen LogP contribution >= 0.6 is 0 Å². The van der Waals surface area contributed by atoms with E-state index in [2.05, 4.69) is 10.2 Å². The molecule has 21 heavy (non-hydrogen) atoms. The average molecular weight is 306 g/mol. The molecule has 2 N–H and O–H groups in total. The summed E-state index contributed by atoms with van der Waals surface area (Å²) in [5.41, 5.74) is 1.01. The third-order valence-corrected chi connectivity index (χ3v) is 4.66. The number of benzene rings is 1. The molecule has 110 valence electrons. The van der Waals surface area contributed by atoms with Gasteiger partial charge in [-0.3, -0.25) is 4.57 Å². The van der Waals surface area contributed by atoms with Gasteiger partial charge >= 0.3 is 0 Å².